The summed E-state index contributed by atoms with van der Waals surface area (Å²) in [5.41, 5.74) is 3.94. The first-order valence-electron chi connectivity index (χ1n) is 12.9. The number of carbonyl (C=O) groups is 3. The van der Waals surface area contributed by atoms with E-state index in [2.05, 4.69) is 30.7 Å². The number of rotatable bonds is 8. The Morgan fingerprint density at radius 2 is 1.76 bits per heavy atom. The third kappa shape index (κ3) is 8.56. The van der Waals surface area contributed by atoms with Crippen molar-refractivity contribution in [2.24, 2.45) is 29.6 Å². The van der Waals surface area contributed by atoms with Crippen molar-refractivity contribution in [2.75, 3.05) is 13.7 Å². The minimum Gasteiger partial charge on any atom is -0.466 e. The van der Waals surface area contributed by atoms with Crippen LogP contribution in [0.2, 0.25) is 0 Å². The van der Waals surface area contributed by atoms with Crippen molar-refractivity contribution in [1.82, 2.24) is 0 Å². The molecule has 0 heterocycles. The molecule has 1 N–H and O–H groups in total. The van der Waals surface area contributed by atoms with Gasteiger partial charge in [0, 0.05) is 25.8 Å². The normalized spacial score (nSPS) is 30.4. The molecule has 7 atom stereocenters. The highest BCUT2D eigenvalue weighted by Crippen LogP contribution is 2.51. The van der Waals surface area contributed by atoms with E-state index in [1.807, 2.05) is 26.8 Å². The highest BCUT2D eigenvalue weighted by atomic mass is 16.5. The Morgan fingerprint density at radius 1 is 1.08 bits per heavy atom. The first-order chi connectivity index (χ1) is 17.3. The zero-order chi connectivity index (χ0) is 27.9. The van der Waals surface area contributed by atoms with Gasteiger partial charge in [0.15, 0.2) is 0 Å². The Labute approximate surface area is 220 Å². The first-order valence-corrected chi connectivity index (χ1v) is 12.9. The standard InChI is InChI=1S/C30H42O7/c1-17(9-10-28(34)35-8)11-18(2)12-27-26(15-25(33)16-36-22(6)31)19(3)13-24-14-20(4)30(37-23(7)32)21(5)29(24)27/h9-13,15,20-21,24-25,27,29-30,33H,14,16H2,1-8H3/b10-9+,17-11+,18-12+,26-15-/t20-,21+,24-,25?,27+,29+,30+/m0/s1. The number of carbonyl (C=O) groups excluding carboxylic acids is 3. The average molecular weight is 515 g/mol. The number of aliphatic hydroxyl groups is 1. The number of fused-ring (bicyclic) bond motifs is 1. The first kappa shape index (κ1) is 30.3. The lowest BCUT2D eigenvalue weighted by Gasteiger charge is -2.49. The van der Waals surface area contributed by atoms with E-state index >= 15 is 0 Å². The van der Waals surface area contributed by atoms with Gasteiger partial charge in [0.05, 0.1) is 7.11 Å². The summed E-state index contributed by atoms with van der Waals surface area (Å²) in [5, 5.41) is 10.7. The predicted octanol–water partition coefficient (Wildman–Crippen LogP) is 4.87. The van der Waals surface area contributed by atoms with Crippen LogP contribution in [0.3, 0.4) is 0 Å². The van der Waals surface area contributed by atoms with Gasteiger partial charge in [-0.15, -0.1) is 0 Å². The monoisotopic (exact) mass is 514 g/mol. The summed E-state index contributed by atoms with van der Waals surface area (Å²) in [5.74, 6) is -0.467. The number of aliphatic hydroxyl groups excluding tert-OH is 1. The zero-order valence-electron chi connectivity index (χ0n) is 23.3. The van der Waals surface area contributed by atoms with Crippen LogP contribution >= 0.6 is 0 Å². The van der Waals surface area contributed by atoms with Gasteiger partial charge in [-0.2, -0.15) is 0 Å². The van der Waals surface area contributed by atoms with Crippen molar-refractivity contribution < 1.29 is 33.7 Å². The molecule has 2 aliphatic carbocycles. The maximum Gasteiger partial charge on any atom is 0.330 e. The number of methoxy groups -OCH3 is 1. The average Bonchev–Trinajstić information content (AvgIpc) is 2.80. The van der Waals surface area contributed by atoms with E-state index in [4.69, 9.17) is 9.47 Å². The second-order valence-electron chi connectivity index (χ2n) is 10.4. The molecular formula is C30H42O7. The smallest absolute Gasteiger partial charge is 0.330 e. The molecule has 0 aromatic carbocycles. The lowest BCUT2D eigenvalue weighted by Crippen LogP contribution is -2.47. The van der Waals surface area contributed by atoms with Gasteiger partial charge in [-0.05, 0) is 62.5 Å². The van der Waals surface area contributed by atoms with Crippen molar-refractivity contribution in [3.05, 3.63) is 58.7 Å². The Balaban J connectivity index is 2.54. The van der Waals surface area contributed by atoms with Gasteiger partial charge in [0.1, 0.15) is 18.8 Å². The van der Waals surface area contributed by atoms with Gasteiger partial charge in [-0.25, -0.2) is 4.79 Å². The highest BCUT2D eigenvalue weighted by molar-refractivity contribution is 5.82. The molecule has 2 rings (SSSR count). The van der Waals surface area contributed by atoms with Crippen LogP contribution in [-0.4, -0.2) is 48.9 Å². The molecule has 0 aromatic rings. The minimum absolute atomic E-state index is 0.0591. The van der Waals surface area contributed by atoms with E-state index in [1.54, 1.807) is 12.2 Å². The molecule has 2 aliphatic rings. The molecule has 0 saturated heterocycles. The molecule has 0 aliphatic heterocycles. The maximum absolute atomic E-state index is 11.9. The largest absolute Gasteiger partial charge is 0.466 e. The summed E-state index contributed by atoms with van der Waals surface area (Å²) < 4.78 is 15.5. The van der Waals surface area contributed by atoms with Gasteiger partial charge in [-0.1, -0.05) is 54.9 Å². The van der Waals surface area contributed by atoms with E-state index < -0.39 is 18.0 Å². The molecule has 0 bridgehead atoms. The lowest BCUT2D eigenvalue weighted by molar-refractivity contribution is -0.158. The van der Waals surface area contributed by atoms with Crippen molar-refractivity contribution in [3.63, 3.8) is 0 Å². The van der Waals surface area contributed by atoms with Crippen LogP contribution in [0, 0.1) is 29.6 Å². The molecule has 7 heteroatoms. The van der Waals surface area contributed by atoms with Crippen LogP contribution in [0.4, 0.5) is 0 Å². The third-order valence-corrected chi connectivity index (χ3v) is 7.23. The fourth-order valence-electron chi connectivity index (χ4n) is 5.83. The molecule has 37 heavy (non-hydrogen) atoms. The molecule has 1 saturated carbocycles. The van der Waals surface area contributed by atoms with E-state index in [0.29, 0.717) is 0 Å². The van der Waals surface area contributed by atoms with Crippen LogP contribution in [0.1, 0.15) is 54.9 Å². The number of hydrogen-bond donors (Lipinski definition) is 1. The molecule has 0 spiro atoms. The molecule has 0 aromatic heterocycles. The Bertz CT molecular complexity index is 1010. The number of hydrogen-bond acceptors (Lipinski definition) is 7. The van der Waals surface area contributed by atoms with Gasteiger partial charge >= 0.3 is 17.9 Å². The van der Waals surface area contributed by atoms with Gasteiger partial charge in [-0.3, -0.25) is 9.59 Å². The van der Waals surface area contributed by atoms with E-state index in [0.717, 1.165) is 28.7 Å². The third-order valence-electron chi connectivity index (χ3n) is 7.23. The van der Waals surface area contributed by atoms with Crippen molar-refractivity contribution in [3.8, 4) is 0 Å². The van der Waals surface area contributed by atoms with E-state index in [9.17, 15) is 19.5 Å². The topological polar surface area (TPSA) is 99.1 Å². The lowest BCUT2D eigenvalue weighted by atomic mass is 9.57. The Morgan fingerprint density at radius 3 is 2.35 bits per heavy atom. The molecule has 0 radical (unpaired) electrons. The van der Waals surface area contributed by atoms with Gasteiger partial charge in [0.25, 0.3) is 0 Å². The van der Waals surface area contributed by atoms with Crippen LogP contribution in [-0.2, 0) is 28.6 Å². The van der Waals surface area contributed by atoms with Crippen LogP contribution < -0.4 is 0 Å². The Hall–Kier alpha value is -2.93. The summed E-state index contributed by atoms with van der Waals surface area (Å²) >= 11 is 0. The second-order valence-corrected chi connectivity index (χ2v) is 10.4. The van der Waals surface area contributed by atoms with E-state index in [1.165, 1.54) is 27.0 Å². The maximum atomic E-state index is 11.9. The van der Waals surface area contributed by atoms with Crippen molar-refractivity contribution >= 4 is 17.9 Å². The molecule has 204 valence electrons. The molecule has 0 amide bonds. The van der Waals surface area contributed by atoms with E-state index in [-0.39, 0.29) is 48.3 Å². The van der Waals surface area contributed by atoms with Crippen LogP contribution in [0.15, 0.2) is 58.7 Å². The second kappa shape index (κ2) is 13.6. The summed E-state index contributed by atoms with van der Waals surface area (Å²) in [6, 6.07) is 0. The highest BCUT2D eigenvalue weighted by Gasteiger charge is 2.47. The number of allylic oxidation sites excluding steroid dienone is 8. The SMILES string of the molecule is COC(=O)/C=C/C(C)=C/C(C)=C/[C@@H]1/C(=C\C(O)COC(C)=O)C(C)=C[C@H]2C[C@H](C)[C@@H](OC(C)=O)[C@H](C)[C@@H]12. The molecule has 7 nitrogen and oxygen atoms in total. The molecule has 1 unspecified atom stereocenters. The number of ether oxygens (including phenoxy) is 3. The van der Waals surface area contributed by atoms with Gasteiger partial charge < -0.3 is 19.3 Å². The summed E-state index contributed by atoms with van der Waals surface area (Å²) in [6.07, 6.45) is 11.1. The van der Waals surface area contributed by atoms with Crippen molar-refractivity contribution in [1.29, 1.82) is 0 Å². The summed E-state index contributed by atoms with van der Waals surface area (Å²) in [4.78, 5) is 34.6. The quantitative estimate of drug-likeness (QED) is 0.213. The van der Waals surface area contributed by atoms with Gasteiger partial charge in [0.2, 0.25) is 0 Å². The predicted molar refractivity (Wildman–Crippen MR) is 142 cm³/mol. The van der Waals surface area contributed by atoms with Crippen LogP contribution in [0.25, 0.3) is 0 Å². The molecule has 1 fully saturated rings. The van der Waals surface area contributed by atoms with Crippen LogP contribution in [0.5, 0.6) is 0 Å². The minimum atomic E-state index is -0.947. The fourth-order valence-corrected chi connectivity index (χ4v) is 5.83. The Kier molecular flexibility index (Phi) is 11.1. The zero-order valence-corrected chi connectivity index (χ0v) is 23.3. The number of esters is 3. The van der Waals surface area contributed by atoms with Crippen molar-refractivity contribution in [2.45, 2.75) is 67.1 Å². The fraction of sp³-hybridized carbons (Fsp3) is 0.567. The summed E-state index contributed by atoms with van der Waals surface area (Å²) in [6.45, 7) is 12.9. The molecular weight excluding hydrogens is 472 g/mol. The summed E-state index contributed by atoms with van der Waals surface area (Å²) in [7, 11) is 1.34.